The van der Waals surface area contributed by atoms with E-state index in [1.807, 2.05) is 31.5 Å². The fourth-order valence-corrected chi connectivity index (χ4v) is 4.81. The molecule has 6 heteroatoms. The number of para-hydroxylation sites is 1. The molecule has 0 saturated carbocycles. The smallest absolute Gasteiger partial charge is 0.120 e. The van der Waals surface area contributed by atoms with E-state index in [9.17, 15) is 0 Å². The van der Waals surface area contributed by atoms with Gasteiger partial charge in [-0.3, -0.25) is 14.6 Å². The molecular weight excluding hydrogens is 348 g/mol. The number of likely N-dealkylation sites (tertiary alicyclic amines) is 1. The summed E-state index contributed by atoms with van der Waals surface area (Å²) in [6, 6.07) is 12.7. The van der Waals surface area contributed by atoms with Crippen LogP contribution >= 0.6 is 0 Å². The summed E-state index contributed by atoms with van der Waals surface area (Å²) in [6.07, 6.45) is 5.03. The van der Waals surface area contributed by atoms with Crippen LogP contribution in [0.1, 0.15) is 23.6 Å². The number of hydrogen-bond acceptors (Lipinski definition) is 4. The molecule has 1 aromatic carbocycles. The number of aromatic amines is 1. The van der Waals surface area contributed by atoms with E-state index in [-0.39, 0.29) is 5.41 Å². The maximum Gasteiger partial charge on any atom is 0.120 e. The minimum absolute atomic E-state index is 0.247. The molecule has 0 aliphatic carbocycles. The lowest BCUT2D eigenvalue weighted by Crippen LogP contribution is -2.57. The Hall–Kier alpha value is -2.99. The van der Waals surface area contributed by atoms with Crippen molar-refractivity contribution in [1.82, 2.24) is 29.6 Å². The number of nitrogens with one attached hydrogen (secondary N) is 1. The fourth-order valence-electron chi connectivity index (χ4n) is 4.81. The first-order chi connectivity index (χ1) is 13.7. The zero-order valence-electron chi connectivity index (χ0n) is 15.9. The van der Waals surface area contributed by atoms with Gasteiger partial charge in [-0.1, -0.05) is 18.2 Å². The molecule has 0 radical (unpaired) electrons. The lowest BCUT2D eigenvalue weighted by molar-refractivity contribution is 0.0559. The first-order valence-electron chi connectivity index (χ1n) is 9.85. The zero-order chi connectivity index (χ0) is 18.7. The average molecular weight is 370 g/mol. The molecule has 0 unspecified atom stereocenters. The molecule has 0 amide bonds. The van der Waals surface area contributed by atoms with Crippen LogP contribution < -0.4 is 0 Å². The standard InChI is InChI=1S/C22H22N6/c1-15-10-24-21(25-15)12-27-13-22(14-27)6-7-28-20(22)9-19(26-28)17-8-16-4-2-3-5-18(16)23-11-17/h2-5,8-11H,6-7,12-14H2,1H3,(H,24,25). The Morgan fingerprint density at radius 1 is 1.11 bits per heavy atom. The average Bonchev–Trinajstić information content (AvgIpc) is 3.37. The molecule has 28 heavy (non-hydrogen) atoms. The second kappa shape index (κ2) is 5.75. The third-order valence-electron chi connectivity index (χ3n) is 6.19. The van der Waals surface area contributed by atoms with Crippen molar-refractivity contribution >= 4 is 10.9 Å². The van der Waals surface area contributed by atoms with Crippen molar-refractivity contribution < 1.29 is 0 Å². The molecule has 1 N–H and O–H groups in total. The Balaban J connectivity index is 1.26. The lowest BCUT2D eigenvalue weighted by Gasteiger charge is -2.47. The number of fused-ring (bicyclic) bond motifs is 3. The third kappa shape index (κ3) is 2.41. The molecule has 6 rings (SSSR count). The van der Waals surface area contributed by atoms with E-state index in [1.54, 1.807) is 0 Å². The first-order valence-corrected chi connectivity index (χ1v) is 9.85. The van der Waals surface area contributed by atoms with Crippen LogP contribution in [0.3, 0.4) is 0 Å². The van der Waals surface area contributed by atoms with Crippen LogP contribution in [0.5, 0.6) is 0 Å². The van der Waals surface area contributed by atoms with Crippen molar-refractivity contribution in [2.24, 2.45) is 0 Å². The second-order valence-electron chi connectivity index (χ2n) is 8.24. The number of benzene rings is 1. The number of H-pyrrole nitrogens is 1. The van der Waals surface area contributed by atoms with E-state index in [0.717, 1.165) is 59.9 Å². The maximum atomic E-state index is 4.90. The summed E-state index contributed by atoms with van der Waals surface area (Å²) in [5.74, 6) is 1.06. The molecule has 1 fully saturated rings. The van der Waals surface area contributed by atoms with Gasteiger partial charge in [0.1, 0.15) is 5.82 Å². The Kier molecular flexibility index (Phi) is 3.29. The molecule has 1 spiro atoms. The monoisotopic (exact) mass is 370 g/mol. The summed E-state index contributed by atoms with van der Waals surface area (Å²) in [5.41, 5.74) is 5.90. The van der Waals surface area contributed by atoms with Gasteiger partial charge >= 0.3 is 0 Å². The van der Waals surface area contributed by atoms with Gasteiger partial charge in [0.15, 0.2) is 0 Å². The Bertz CT molecular complexity index is 1180. The predicted molar refractivity (Wildman–Crippen MR) is 108 cm³/mol. The van der Waals surface area contributed by atoms with E-state index in [1.165, 1.54) is 12.1 Å². The predicted octanol–water partition coefficient (Wildman–Crippen LogP) is 3.29. The van der Waals surface area contributed by atoms with E-state index >= 15 is 0 Å². The van der Waals surface area contributed by atoms with Gasteiger partial charge in [-0.05, 0) is 31.5 Å². The van der Waals surface area contributed by atoms with Crippen molar-refractivity contribution in [2.45, 2.75) is 31.8 Å². The highest BCUT2D eigenvalue weighted by atomic mass is 15.3. The van der Waals surface area contributed by atoms with Crippen molar-refractivity contribution in [3.05, 3.63) is 66.0 Å². The fraction of sp³-hybridized carbons (Fsp3) is 0.318. The van der Waals surface area contributed by atoms with Crippen molar-refractivity contribution in [3.63, 3.8) is 0 Å². The van der Waals surface area contributed by atoms with Gasteiger partial charge < -0.3 is 4.98 Å². The van der Waals surface area contributed by atoms with Gasteiger partial charge in [-0.2, -0.15) is 5.10 Å². The molecule has 3 aromatic heterocycles. The van der Waals surface area contributed by atoms with Crippen LogP contribution in [0.25, 0.3) is 22.2 Å². The second-order valence-corrected chi connectivity index (χ2v) is 8.24. The van der Waals surface area contributed by atoms with Crippen LogP contribution in [0.15, 0.2) is 48.8 Å². The SMILES string of the molecule is Cc1cnc(CN2CC3(CCn4nc(-c5cnc6ccccc6c5)cc43)C2)[nH]1. The summed E-state index contributed by atoms with van der Waals surface area (Å²) in [5, 5.41) is 6.06. The normalized spacial score (nSPS) is 17.9. The van der Waals surface area contributed by atoms with Crippen LogP contribution in [-0.4, -0.2) is 42.7 Å². The van der Waals surface area contributed by atoms with Crippen molar-refractivity contribution in [2.75, 3.05) is 13.1 Å². The minimum atomic E-state index is 0.247. The van der Waals surface area contributed by atoms with E-state index in [2.05, 4.69) is 48.8 Å². The molecule has 0 atom stereocenters. The summed E-state index contributed by atoms with van der Waals surface area (Å²) in [6.45, 7) is 6.10. The molecule has 5 heterocycles. The highest BCUT2D eigenvalue weighted by Crippen LogP contribution is 2.44. The van der Waals surface area contributed by atoms with Crippen LogP contribution in [0.2, 0.25) is 0 Å². The molecule has 2 aliphatic rings. The first kappa shape index (κ1) is 16.0. The van der Waals surface area contributed by atoms with Crippen molar-refractivity contribution in [3.8, 4) is 11.3 Å². The quantitative estimate of drug-likeness (QED) is 0.601. The van der Waals surface area contributed by atoms with Gasteiger partial charge in [-0.15, -0.1) is 0 Å². The molecule has 1 saturated heterocycles. The van der Waals surface area contributed by atoms with Crippen LogP contribution in [-0.2, 0) is 18.5 Å². The lowest BCUT2D eigenvalue weighted by atomic mass is 9.76. The topological polar surface area (TPSA) is 62.6 Å². The number of imidazole rings is 1. The third-order valence-corrected chi connectivity index (χ3v) is 6.19. The van der Waals surface area contributed by atoms with Gasteiger partial charge in [0.2, 0.25) is 0 Å². The number of hydrogen-bond donors (Lipinski definition) is 1. The number of nitrogens with zero attached hydrogens (tertiary/aromatic N) is 5. The zero-order valence-corrected chi connectivity index (χ0v) is 15.9. The van der Waals surface area contributed by atoms with Crippen LogP contribution in [0.4, 0.5) is 0 Å². The van der Waals surface area contributed by atoms with E-state index in [4.69, 9.17) is 5.10 Å². The summed E-state index contributed by atoms with van der Waals surface area (Å²) >= 11 is 0. The summed E-state index contributed by atoms with van der Waals surface area (Å²) in [4.78, 5) is 14.9. The van der Waals surface area contributed by atoms with Gasteiger partial charge in [0, 0.05) is 59.8 Å². The molecular formula is C22H22N6. The largest absolute Gasteiger partial charge is 0.345 e. The number of aryl methyl sites for hydroxylation is 2. The molecule has 140 valence electrons. The highest BCUT2D eigenvalue weighted by molar-refractivity contribution is 5.82. The highest BCUT2D eigenvalue weighted by Gasteiger charge is 2.49. The summed E-state index contributed by atoms with van der Waals surface area (Å²) < 4.78 is 2.21. The molecule has 6 nitrogen and oxygen atoms in total. The number of rotatable bonds is 3. The molecule has 2 aliphatic heterocycles. The minimum Gasteiger partial charge on any atom is -0.345 e. The number of pyridine rings is 1. The van der Waals surface area contributed by atoms with E-state index in [0.29, 0.717) is 0 Å². The number of aromatic nitrogens is 5. The van der Waals surface area contributed by atoms with E-state index < -0.39 is 0 Å². The Morgan fingerprint density at radius 2 is 2.00 bits per heavy atom. The Morgan fingerprint density at radius 3 is 2.86 bits per heavy atom. The van der Waals surface area contributed by atoms with Gasteiger partial charge in [-0.25, -0.2) is 4.98 Å². The molecule has 0 bridgehead atoms. The Labute approximate surface area is 163 Å². The van der Waals surface area contributed by atoms with Crippen LogP contribution in [0, 0.1) is 6.92 Å². The molecule has 4 aromatic rings. The van der Waals surface area contributed by atoms with Crippen molar-refractivity contribution in [1.29, 1.82) is 0 Å². The summed E-state index contributed by atoms with van der Waals surface area (Å²) in [7, 11) is 0. The van der Waals surface area contributed by atoms with Gasteiger partial charge in [0.25, 0.3) is 0 Å². The van der Waals surface area contributed by atoms with Gasteiger partial charge in [0.05, 0.1) is 17.8 Å². The maximum absolute atomic E-state index is 4.90.